The number of halogens is 2. The third-order valence-corrected chi connectivity index (χ3v) is 2.82. The highest BCUT2D eigenvalue weighted by Gasteiger charge is 2.07. The van der Waals surface area contributed by atoms with Gasteiger partial charge in [0.15, 0.2) is 5.78 Å². The van der Waals surface area contributed by atoms with Crippen LogP contribution in [0.15, 0.2) is 42.5 Å². The first-order valence-electron chi connectivity index (χ1n) is 5.14. The molecule has 0 amide bonds. The molecule has 1 nitrogen and oxygen atoms in total. The first kappa shape index (κ1) is 11.8. The average Bonchev–Trinajstić information content (AvgIpc) is 2.28. The highest BCUT2D eigenvalue weighted by atomic mass is 35.5. The number of rotatable bonds is 2. The summed E-state index contributed by atoms with van der Waals surface area (Å²) in [4.78, 5) is 11.2. The Morgan fingerprint density at radius 2 is 1.82 bits per heavy atom. The fourth-order valence-electron chi connectivity index (χ4n) is 1.65. The van der Waals surface area contributed by atoms with Crippen LogP contribution in [0.3, 0.4) is 0 Å². The van der Waals surface area contributed by atoms with Crippen LogP contribution in [-0.4, -0.2) is 5.78 Å². The SMILES string of the molecule is CC(=O)c1ccc(-c2cccc(F)c2)cc1Cl. The van der Waals surface area contributed by atoms with Crippen molar-refractivity contribution in [2.45, 2.75) is 6.92 Å². The Hall–Kier alpha value is -1.67. The van der Waals surface area contributed by atoms with Gasteiger partial charge in [0.05, 0.1) is 5.02 Å². The highest BCUT2D eigenvalue weighted by molar-refractivity contribution is 6.34. The van der Waals surface area contributed by atoms with E-state index in [1.54, 1.807) is 30.3 Å². The molecule has 0 heterocycles. The topological polar surface area (TPSA) is 17.1 Å². The normalized spacial score (nSPS) is 10.3. The minimum absolute atomic E-state index is 0.0826. The standard InChI is InChI=1S/C14H10ClFO/c1-9(17)13-6-5-11(8-14(13)15)10-3-2-4-12(16)7-10/h2-8H,1H3. The molecular weight excluding hydrogens is 239 g/mol. The maximum Gasteiger partial charge on any atom is 0.161 e. The molecule has 3 heteroatoms. The second-order valence-corrected chi connectivity index (χ2v) is 4.17. The van der Waals surface area contributed by atoms with Gasteiger partial charge in [-0.2, -0.15) is 0 Å². The van der Waals surface area contributed by atoms with E-state index in [-0.39, 0.29) is 11.6 Å². The third kappa shape index (κ3) is 2.53. The highest BCUT2D eigenvalue weighted by Crippen LogP contribution is 2.26. The van der Waals surface area contributed by atoms with Gasteiger partial charge in [0.25, 0.3) is 0 Å². The van der Waals surface area contributed by atoms with Crippen LogP contribution in [0.4, 0.5) is 4.39 Å². The number of Topliss-reactive ketones (excluding diaryl/α,β-unsaturated/α-hetero) is 1. The largest absolute Gasteiger partial charge is 0.294 e. The third-order valence-electron chi connectivity index (χ3n) is 2.51. The summed E-state index contributed by atoms with van der Waals surface area (Å²) in [6.07, 6.45) is 0. The minimum Gasteiger partial charge on any atom is -0.294 e. The van der Waals surface area contributed by atoms with E-state index in [4.69, 9.17) is 11.6 Å². The molecular formula is C14H10ClFO. The molecule has 0 aliphatic heterocycles. The number of carbonyl (C=O) groups excluding carboxylic acids is 1. The van der Waals surface area contributed by atoms with Crippen molar-refractivity contribution < 1.29 is 9.18 Å². The predicted octanol–water partition coefficient (Wildman–Crippen LogP) is 4.35. The summed E-state index contributed by atoms with van der Waals surface area (Å²) in [7, 11) is 0. The maximum atomic E-state index is 13.1. The summed E-state index contributed by atoms with van der Waals surface area (Å²) in [6.45, 7) is 1.46. The fraction of sp³-hybridized carbons (Fsp3) is 0.0714. The molecule has 0 fully saturated rings. The molecule has 0 atom stereocenters. The van der Waals surface area contributed by atoms with Crippen LogP contribution in [0.2, 0.25) is 5.02 Å². The predicted molar refractivity (Wildman–Crippen MR) is 66.9 cm³/mol. The van der Waals surface area contributed by atoms with Gasteiger partial charge in [-0.1, -0.05) is 29.8 Å². The number of benzene rings is 2. The van der Waals surface area contributed by atoms with Crippen LogP contribution < -0.4 is 0 Å². The summed E-state index contributed by atoms with van der Waals surface area (Å²) < 4.78 is 13.1. The molecule has 0 radical (unpaired) electrons. The lowest BCUT2D eigenvalue weighted by molar-refractivity contribution is 0.101. The average molecular weight is 249 g/mol. The van der Waals surface area contributed by atoms with Gasteiger partial charge < -0.3 is 0 Å². The molecule has 0 saturated heterocycles. The number of carbonyl (C=O) groups is 1. The fourth-order valence-corrected chi connectivity index (χ4v) is 1.96. The van der Waals surface area contributed by atoms with Crippen molar-refractivity contribution in [2.24, 2.45) is 0 Å². The molecule has 17 heavy (non-hydrogen) atoms. The summed E-state index contributed by atoms with van der Waals surface area (Å²) in [6, 6.07) is 11.3. The molecule has 0 N–H and O–H groups in total. The van der Waals surface area contributed by atoms with E-state index < -0.39 is 0 Å². The monoisotopic (exact) mass is 248 g/mol. The van der Waals surface area contributed by atoms with Gasteiger partial charge >= 0.3 is 0 Å². The van der Waals surface area contributed by atoms with Crippen molar-refractivity contribution in [2.75, 3.05) is 0 Å². The van der Waals surface area contributed by atoms with E-state index in [9.17, 15) is 9.18 Å². The zero-order valence-corrected chi connectivity index (χ0v) is 9.96. The van der Waals surface area contributed by atoms with Crippen LogP contribution >= 0.6 is 11.6 Å². The van der Waals surface area contributed by atoms with Gasteiger partial charge in [-0.15, -0.1) is 0 Å². The summed E-state index contributed by atoms with van der Waals surface area (Å²) >= 11 is 6.00. The van der Waals surface area contributed by atoms with E-state index in [1.165, 1.54) is 19.1 Å². The summed E-state index contributed by atoms with van der Waals surface area (Å²) in [5, 5.41) is 0.388. The Bertz CT molecular complexity index is 578. The van der Waals surface area contributed by atoms with E-state index in [2.05, 4.69) is 0 Å². The molecule has 0 aromatic heterocycles. The lowest BCUT2D eigenvalue weighted by atomic mass is 10.0. The van der Waals surface area contributed by atoms with Crippen LogP contribution in [0, 0.1) is 5.82 Å². The maximum absolute atomic E-state index is 13.1. The van der Waals surface area contributed by atoms with E-state index in [1.807, 2.05) is 0 Å². The number of hydrogen-bond acceptors (Lipinski definition) is 1. The van der Waals surface area contributed by atoms with Gasteiger partial charge in [0.1, 0.15) is 5.82 Å². The second-order valence-electron chi connectivity index (χ2n) is 3.76. The molecule has 0 aliphatic carbocycles. The van der Waals surface area contributed by atoms with Gasteiger partial charge in [0, 0.05) is 5.56 Å². The number of ketones is 1. The van der Waals surface area contributed by atoms with E-state index in [0.29, 0.717) is 10.6 Å². The Kier molecular flexibility index (Phi) is 3.25. The number of hydrogen-bond donors (Lipinski definition) is 0. The van der Waals surface area contributed by atoms with E-state index >= 15 is 0 Å². The molecule has 0 aliphatic rings. The Morgan fingerprint density at radius 3 is 2.41 bits per heavy atom. The minimum atomic E-state index is -0.297. The molecule has 2 rings (SSSR count). The lowest BCUT2D eigenvalue weighted by Crippen LogP contribution is -1.93. The lowest BCUT2D eigenvalue weighted by Gasteiger charge is -2.05. The van der Waals surface area contributed by atoms with Gasteiger partial charge in [0.2, 0.25) is 0 Å². The van der Waals surface area contributed by atoms with Crippen molar-refractivity contribution in [1.82, 2.24) is 0 Å². The zero-order chi connectivity index (χ0) is 12.4. The van der Waals surface area contributed by atoms with Gasteiger partial charge in [-0.25, -0.2) is 4.39 Å². The molecule has 2 aromatic rings. The first-order valence-corrected chi connectivity index (χ1v) is 5.52. The van der Waals surface area contributed by atoms with Crippen LogP contribution in [0.25, 0.3) is 11.1 Å². The summed E-state index contributed by atoms with van der Waals surface area (Å²) in [5.74, 6) is -0.380. The van der Waals surface area contributed by atoms with Crippen LogP contribution in [0.5, 0.6) is 0 Å². The first-order chi connectivity index (χ1) is 8.08. The van der Waals surface area contributed by atoms with Crippen molar-refractivity contribution in [3.8, 4) is 11.1 Å². The van der Waals surface area contributed by atoms with Crippen molar-refractivity contribution in [3.63, 3.8) is 0 Å². The molecule has 0 unspecified atom stereocenters. The van der Waals surface area contributed by atoms with Gasteiger partial charge in [-0.3, -0.25) is 4.79 Å². The van der Waals surface area contributed by atoms with Crippen LogP contribution in [-0.2, 0) is 0 Å². The quantitative estimate of drug-likeness (QED) is 0.722. The smallest absolute Gasteiger partial charge is 0.161 e. The molecule has 2 aromatic carbocycles. The molecule has 0 spiro atoms. The Morgan fingerprint density at radius 1 is 1.12 bits per heavy atom. The Balaban J connectivity index is 2.48. The Labute approximate surface area is 104 Å². The van der Waals surface area contributed by atoms with E-state index in [0.717, 1.165) is 11.1 Å². The summed E-state index contributed by atoms with van der Waals surface area (Å²) in [5.41, 5.74) is 2.01. The van der Waals surface area contributed by atoms with Crippen molar-refractivity contribution in [3.05, 3.63) is 58.9 Å². The molecule has 86 valence electrons. The molecule has 0 bridgehead atoms. The van der Waals surface area contributed by atoms with Gasteiger partial charge in [-0.05, 0) is 42.3 Å². The second kappa shape index (κ2) is 4.68. The van der Waals surface area contributed by atoms with Crippen molar-refractivity contribution >= 4 is 17.4 Å². The molecule has 0 saturated carbocycles. The van der Waals surface area contributed by atoms with Crippen molar-refractivity contribution in [1.29, 1.82) is 0 Å². The van der Waals surface area contributed by atoms with Crippen LogP contribution in [0.1, 0.15) is 17.3 Å². The zero-order valence-electron chi connectivity index (χ0n) is 9.21.